The van der Waals surface area contributed by atoms with Crippen LogP contribution in [0.1, 0.15) is 10.4 Å². The number of ether oxygens (including phenoxy) is 1. The third-order valence-corrected chi connectivity index (χ3v) is 4.89. The Bertz CT molecular complexity index is 975. The van der Waals surface area contributed by atoms with Gasteiger partial charge in [0.15, 0.2) is 0 Å². The summed E-state index contributed by atoms with van der Waals surface area (Å²) in [6.45, 7) is 1.79. The Hall–Kier alpha value is -3.40. The van der Waals surface area contributed by atoms with Crippen LogP contribution >= 0.6 is 11.6 Å². The Morgan fingerprint density at radius 2 is 1.69 bits per heavy atom. The van der Waals surface area contributed by atoms with Gasteiger partial charge in [-0.25, -0.2) is 4.79 Å². The van der Waals surface area contributed by atoms with E-state index >= 15 is 0 Å². The zero-order valence-electron chi connectivity index (χ0n) is 15.4. The molecule has 3 rings (SSSR count). The number of nitro benzene ring substituents is 2. The van der Waals surface area contributed by atoms with E-state index in [1.54, 1.807) is 11.0 Å². The molecule has 2 aromatic rings. The fourth-order valence-corrected chi connectivity index (χ4v) is 3.49. The van der Waals surface area contributed by atoms with E-state index < -0.39 is 27.2 Å². The van der Waals surface area contributed by atoms with Gasteiger partial charge in [0.25, 0.3) is 11.4 Å². The molecule has 0 N–H and O–H groups in total. The molecule has 11 heteroatoms. The average molecular weight is 421 g/mol. The number of nitro groups is 2. The monoisotopic (exact) mass is 420 g/mol. The maximum absolute atomic E-state index is 12.2. The first-order chi connectivity index (χ1) is 13.8. The SMILES string of the molecule is COC(=O)c1cc([N+](=O)[O-])cc([N+](=O)[O-])c1N1CCN(c2cccc(Cl)c2)CC1. The van der Waals surface area contributed by atoms with E-state index in [-0.39, 0.29) is 11.3 Å². The van der Waals surface area contributed by atoms with Crippen molar-refractivity contribution in [3.8, 4) is 0 Å². The summed E-state index contributed by atoms with van der Waals surface area (Å²) in [5, 5.41) is 23.4. The van der Waals surface area contributed by atoms with Gasteiger partial charge in [0.2, 0.25) is 0 Å². The first kappa shape index (κ1) is 20.3. The molecule has 0 unspecified atom stereocenters. The number of benzene rings is 2. The molecular weight excluding hydrogens is 404 g/mol. The van der Waals surface area contributed by atoms with E-state index in [1.165, 1.54) is 0 Å². The third kappa shape index (κ3) is 4.21. The Kier molecular flexibility index (Phi) is 5.83. The number of anilines is 2. The van der Waals surface area contributed by atoms with E-state index in [9.17, 15) is 25.0 Å². The Morgan fingerprint density at radius 3 is 2.24 bits per heavy atom. The van der Waals surface area contributed by atoms with Gasteiger partial charge in [-0.2, -0.15) is 0 Å². The molecule has 2 aromatic carbocycles. The largest absolute Gasteiger partial charge is 0.465 e. The van der Waals surface area contributed by atoms with Gasteiger partial charge in [0, 0.05) is 43.0 Å². The lowest BCUT2D eigenvalue weighted by atomic mass is 10.1. The summed E-state index contributed by atoms with van der Waals surface area (Å²) < 4.78 is 4.70. The summed E-state index contributed by atoms with van der Waals surface area (Å²) in [7, 11) is 1.12. The van der Waals surface area contributed by atoms with E-state index in [1.807, 2.05) is 18.2 Å². The zero-order valence-corrected chi connectivity index (χ0v) is 16.2. The van der Waals surface area contributed by atoms with Gasteiger partial charge in [0.1, 0.15) is 5.69 Å². The molecule has 0 amide bonds. The van der Waals surface area contributed by atoms with Gasteiger partial charge in [-0.15, -0.1) is 0 Å². The minimum atomic E-state index is -0.871. The van der Waals surface area contributed by atoms with Crippen molar-refractivity contribution in [1.82, 2.24) is 0 Å². The van der Waals surface area contributed by atoms with Crippen LogP contribution in [0, 0.1) is 20.2 Å². The van der Waals surface area contributed by atoms with Crippen LogP contribution in [-0.4, -0.2) is 49.1 Å². The number of halogens is 1. The smallest absolute Gasteiger partial charge is 0.340 e. The molecule has 1 saturated heterocycles. The summed E-state index contributed by atoms with van der Waals surface area (Å²) in [6, 6.07) is 9.22. The van der Waals surface area contributed by atoms with Crippen molar-refractivity contribution >= 4 is 40.3 Å². The lowest BCUT2D eigenvalue weighted by Crippen LogP contribution is -2.47. The number of methoxy groups -OCH3 is 1. The molecule has 1 fully saturated rings. The summed E-state index contributed by atoms with van der Waals surface area (Å²) in [5.74, 6) is -0.871. The highest BCUT2D eigenvalue weighted by Gasteiger charge is 2.33. The summed E-state index contributed by atoms with van der Waals surface area (Å²) in [6.07, 6.45) is 0. The second kappa shape index (κ2) is 8.31. The highest BCUT2D eigenvalue weighted by Crippen LogP contribution is 2.37. The minimum absolute atomic E-state index is 0.0261. The molecule has 0 radical (unpaired) electrons. The van der Waals surface area contributed by atoms with Crippen LogP contribution in [0.3, 0.4) is 0 Å². The molecule has 1 aliphatic heterocycles. The Morgan fingerprint density at radius 1 is 1.03 bits per heavy atom. The maximum atomic E-state index is 12.2. The summed E-state index contributed by atoms with van der Waals surface area (Å²) in [5.41, 5.74) is -0.305. The Balaban J connectivity index is 1.96. The number of carbonyl (C=O) groups is 1. The zero-order chi connectivity index (χ0) is 21.1. The average Bonchev–Trinajstić information content (AvgIpc) is 2.72. The van der Waals surface area contributed by atoms with Crippen molar-refractivity contribution in [3.63, 3.8) is 0 Å². The standard InChI is InChI=1S/C18H17ClN4O6/c1-29-18(24)15-10-14(22(25)26)11-16(23(27)28)17(15)21-7-5-20(6-8-21)13-4-2-3-12(19)9-13/h2-4,9-11H,5-8H2,1H3. The quantitative estimate of drug-likeness (QED) is 0.410. The molecule has 29 heavy (non-hydrogen) atoms. The van der Waals surface area contributed by atoms with Gasteiger partial charge >= 0.3 is 5.97 Å². The second-order valence-corrected chi connectivity index (χ2v) is 6.76. The van der Waals surface area contributed by atoms with Gasteiger partial charge in [-0.05, 0) is 18.2 Å². The number of hydrogen-bond donors (Lipinski definition) is 0. The fraction of sp³-hybridized carbons (Fsp3) is 0.278. The van der Waals surface area contributed by atoms with E-state index in [0.717, 1.165) is 24.9 Å². The molecular formula is C18H17ClN4O6. The lowest BCUT2D eigenvalue weighted by molar-refractivity contribution is -0.393. The fourth-order valence-electron chi connectivity index (χ4n) is 3.31. The van der Waals surface area contributed by atoms with Crippen molar-refractivity contribution in [2.45, 2.75) is 0 Å². The molecule has 152 valence electrons. The maximum Gasteiger partial charge on any atom is 0.340 e. The van der Waals surface area contributed by atoms with Crippen LogP contribution < -0.4 is 9.80 Å². The van der Waals surface area contributed by atoms with Crippen LogP contribution in [0.2, 0.25) is 5.02 Å². The van der Waals surface area contributed by atoms with E-state index in [4.69, 9.17) is 16.3 Å². The first-order valence-corrected chi connectivity index (χ1v) is 9.00. The van der Waals surface area contributed by atoms with Crippen molar-refractivity contribution < 1.29 is 19.4 Å². The molecule has 0 atom stereocenters. The van der Waals surface area contributed by atoms with Crippen LogP contribution in [-0.2, 0) is 4.74 Å². The van der Waals surface area contributed by atoms with Crippen LogP contribution in [0.25, 0.3) is 0 Å². The van der Waals surface area contributed by atoms with Crippen LogP contribution in [0.15, 0.2) is 36.4 Å². The second-order valence-electron chi connectivity index (χ2n) is 6.32. The molecule has 0 aromatic heterocycles. The van der Waals surface area contributed by atoms with Gasteiger partial charge in [-0.1, -0.05) is 17.7 Å². The topological polar surface area (TPSA) is 119 Å². The van der Waals surface area contributed by atoms with Gasteiger partial charge < -0.3 is 14.5 Å². The number of esters is 1. The van der Waals surface area contributed by atoms with Crippen LogP contribution in [0.5, 0.6) is 0 Å². The number of piperazine rings is 1. The number of non-ortho nitro benzene ring substituents is 1. The number of hydrogen-bond acceptors (Lipinski definition) is 8. The highest BCUT2D eigenvalue weighted by atomic mass is 35.5. The highest BCUT2D eigenvalue weighted by molar-refractivity contribution is 6.30. The molecule has 10 nitrogen and oxygen atoms in total. The van der Waals surface area contributed by atoms with Crippen molar-refractivity contribution in [2.75, 3.05) is 43.1 Å². The predicted octanol–water partition coefficient (Wildman–Crippen LogP) is 3.27. The molecule has 1 heterocycles. The van der Waals surface area contributed by atoms with E-state index in [2.05, 4.69) is 4.90 Å². The van der Waals surface area contributed by atoms with Crippen LogP contribution in [0.4, 0.5) is 22.7 Å². The van der Waals surface area contributed by atoms with Crippen molar-refractivity contribution in [1.29, 1.82) is 0 Å². The molecule has 0 aliphatic carbocycles. The third-order valence-electron chi connectivity index (χ3n) is 4.66. The molecule has 1 aliphatic rings. The first-order valence-electron chi connectivity index (χ1n) is 8.62. The summed E-state index contributed by atoms with van der Waals surface area (Å²) in [4.78, 5) is 37.2. The number of nitrogens with zero attached hydrogens (tertiary/aromatic N) is 4. The van der Waals surface area contributed by atoms with Crippen molar-refractivity contribution in [3.05, 3.63) is 67.2 Å². The predicted molar refractivity (Wildman–Crippen MR) is 107 cm³/mol. The number of carbonyl (C=O) groups excluding carboxylic acids is 1. The van der Waals surface area contributed by atoms with Gasteiger partial charge in [-0.3, -0.25) is 20.2 Å². The minimum Gasteiger partial charge on any atom is -0.465 e. The normalized spacial score (nSPS) is 13.9. The van der Waals surface area contributed by atoms with Gasteiger partial charge in [0.05, 0.1) is 28.6 Å². The number of rotatable bonds is 5. The summed E-state index contributed by atoms with van der Waals surface area (Å²) >= 11 is 6.04. The molecule has 0 bridgehead atoms. The molecule has 0 spiro atoms. The molecule has 0 saturated carbocycles. The van der Waals surface area contributed by atoms with Crippen molar-refractivity contribution in [2.24, 2.45) is 0 Å². The Labute approximate surface area is 170 Å². The lowest BCUT2D eigenvalue weighted by Gasteiger charge is -2.37. The van der Waals surface area contributed by atoms with E-state index in [0.29, 0.717) is 31.2 Å².